The van der Waals surface area contributed by atoms with Crippen LogP contribution < -0.4 is 113 Å². The number of nitriles is 1. The van der Waals surface area contributed by atoms with Gasteiger partial charge in [0.2, 0.25) is 0 Å². The maximum Gasteiger partial charge on any atom is 1.00 e. The molecular formula is C21H20K2N6O6S2. The Balaban J connectivity index is 0.00000342. The number of aromatic nitrogens is 2. The molecule has 0 radical (unpaired) electrons. The van der Waals surface area contributed by atoms with Gasteiger partial charge in [-0.3, -0.25) is 5.04 Å². The van der Waals surface area contributed by atoms with E-state index in [9.17, 15) is 23.5 Å². The summed E-state index contributed by atoms with van der Waals surface area (Å²) in [6.07, 6.45) is 0. The van der Waals surface area contributed by atoms with Gasteiger partial charge in [-0.15, -0.1) is 10.2 Å². The third-order valence-electron chi connectivity index (χ3n) is 5.09. The number of anilines is 1. The summed E-state index contributed by atoms with van der Waals surface area (Å²) in [5.74, 6) is -0.00973. The average molecular weight is 595 g/mol. The summed E-state index contributed by atoms with van der Waals surface area (Å²) in [4.78, 5) is 1.67. The van der Waals surface area contributed by atoms with Gasteiger partial charge < -0.3 is 14.7 Å². The molecule has 1 aromatic heterocycles. The third kappa shape index (κ3) is 8.72. The SMILES string of the molecule is CCN(C)c1ccc(N=Nc2c(C#N)c(C)nn2-c2cc(S(=O)(=O)[O-])ccc2SOO[O-])c(C)c1.[K+].[K+]. The second-order valence-corrected chi connectivity index (χ2v) is 9.42. The van der Waals surface area contributed by atoms with Gasteiger partial charge in [0.05, 0.1) is 38.9 Å². The van der Waals surface area contributed by atoms with Gasteiger partial charge in [0.1, 0.15) is 21.8 Å². The molecule has 0 saturated carbocycles. The van der Waals surface area contributed by atoms with Gasteiger partial charge in [0.15, 0.2) is 5.82 Å². The molecule has 0 N–H and O–H groups in total. The molecular weight excluding hydrogens is 575 g/mol. The fourth-order valence-electron chi connectivity index (χ4n) is 3.12. The molecule has 12 nitrogen and oxygen atoms in total. The van der Waals surface area contributed by atoms with Crippen molar-refractivity contribution in [2.45, 2.75) is 30.6 Å². The minimum absolute atomic E-state index is 0. The number of nitrogens with zero attached hydrogens (tertiary/aromatic N) is 6. The van der Waals surface area contributed by atoms with E-state index in [4.69, 9.17) is 0 Å². The van der Waals surface area contributed by atoms with Crippen molar-refractivity contribution in [1.82, 2.24) is 9.78 Å². The Labute approximate surface area is 304 Å². The predicted molar refractivity (Wildman–Crippen MR) is 123 cm³/mol. The maximum atomic E-state index is 11.6. The fourth-order valence-corrected chi connectivity index (χ4v) is 4.06. The van der Waals surface area contributed by atoms with E-state index in [0.29, 0.717) is 17.7 Å². The Morgan fingerprint density at radius 3 is 2.46 bits per heavy atom. The van der Waals surface area contributed by atoms with E-state index in [2.05, 4.69) is 29.6 Å². The number of rotatable bonds is 9. The summed E-state index contributed by atoms with van der Waals surface area (Å²) in [6.45, 7) is 6.28. The van der Waals surface area contributed by atoms with Gasteiger partial charge >= 0.3 is 103 Å². The molecule has 0 aliphatic carbocycles. The van der Waals surface area contributed by atoms with E-state index in [-0.39, 0.29) is 130 Å². The summed E-state index contributed by atoms with van der Waals surface area (Å²) >= 11 is 0.464. The molecule has 0 amide bonds. The molecule has 3 aromatic rings. The van der Waals surface area contributed by atoms with Gasteiger partial charge in [-0.25, -0.2) is 13.1 Å². The van der Waals surface area contributed by atoms with Gasteiger partial charge in [-0.1, -0.05) is 0 Å². The molecule has 2 aromatic carbocycles. The van der Waals surface area contributed by atoms with Crippen LogP contribution in [-0.4, -0.2) is 36.3 Å². The van der Waals surface area contributed by atoms with Crippen LogP contribution >= 0.6 is 12.0 Å². The average Bonchev–Trinajstić information content (AvgIpc) is 3.15. The van der Waals surface area contributed by atoms with Crippen molar-refractivity contribution in [3.8, 4) is 11.8 Å². The van der Waals surface area contributed by atoms with Gasteiger partial charge in [-0.05, 0) is 62.7 Å². The first-order chi connectivity index (χ1) is 16.6. The van der Waals surface area contributed by atoms with E-state index in [1.807, 2.05) is 39.1 Å². The van der Waals surface area contributed by atoms with Crippen LogP contribution in [0.4, 0.5) is 17.2 Å². The molecule has 16 heteroatoms. The molecule has 1 heterocycles. The quantitative estimate of drug-likeness (QED) is 0.0638. The first-order valence-corrected chi connectivity index (χ1v) is 12.2. The third-order valence-corrected chi connectivity index (χ3v) is 6.57. The van der Waals surface area contributed by atoms with Crippen LogP contribution in [0.2, 0.25) is 0 Å². The topological polar surface area (TPSA) is 168 Å². The Bertz CT molecular complexity index is 1430. The number of hydrogen-bond donors (Lipinski definition) is 0. The Morgan fingerprint density at radius 2 is 1.89 bits per heavy atom. The van der Waals surface area contributed by atoms with E-state index in [0.717, 1.165) is 34.6 Å². The molecule has 0 atom stereocenters. The van der Waals surface area contributed by atoms with E-state index >= 15 is 0 Å². The monoisotopic (exact) mass is 594 g/mol. The van der Waals surface area contributed by atoms with Gasteiger partial charge in [-0.2, -0.15) is 14.7 Å². The van der Waals surface area contributed by atoms with Crippen molar-refractivity contribution in [2.75, 3.05) is 18.5 Å². The van der Waals surface area contributed by atoms with Crippen molar-refractivity contribution in [3.05, 3.63) is 53.2 Å². The Hall–Kier alpha value is -0.0473. The molecule has 184 valence electrons. The first kappa shape index (κ1) is 35.0. The molecule has 0 fully saturated rings. The van der Waals surface area contributed by atoms with Crippen LogP contribution in [0.1, 0.15) is 23.7 Å². The van der Waals surface area contributed by atoms with E-state index < -0.39 is 15.0 Å². The fraction of sp³-hybridized carbons (Fsp3) is 0.238. The van der Waals surface area contributed by atoms with Gasteiger partial charge in [0.25, 0.3) is 0 Å². The van der Waals surface area contributed by atoms with Crippen LogP contribution in [0.3, 0.4) is 0 Å². The largest absolute Gasteiger partial charge is 1.00 e. The number of azo groups is 1. The zero-order valence-corrected chi connectivity index (χ0v) is 29.0. The molecule has 0 spiro atoms. The summed E-state index contributed by atoms with van der Waals surface area (Å²) < 4.78 is 40.3. The van der Waals surface area contributed by atoms with Crippen LogP contribution in [0.15, 0.2) is 56.4 Å². The standard InChI is InChI=1S/C21H22N6O6S2.2K/c1-5-26(4)15-6-8-18(13(2)10-15)23-24-21-17(12-22)14(3)25-27(21)19-11-16(35(29,30)31)7-9-20(19)34-33-32-28;;/h6-11,28H,5H2,1-4H3,(H,29,30,31);;/q;2*+1/p-2. The number of hydrogen-bond acceptors (Lipinski definition) is 12. The molecule has 3 rings (SSSR count). The first-order valence-electron chi connectivity index (χ1n) is 10.1. The molecule has 37 heavy (non-hydrogen) atoms. The summed E-state index contributed by atoms with van der Waals surface area (Å²) in [7, 11) is -2.86. The number of benzene rings is 2. The maximum absolute atomic E-state index is 11.6. The molecule has 0 bridgehead atoms. The second-order valence-electron chi connectivity index (χ2n) is 7.30. The van der Waals surface area contributed by atoms with Gasteiger partial charge in [0, 0.05) is 19.3 Å². The smallest absolute Gasteiger partial charge is 0.744 e. The van der Waals surface area contributed by atoms with Crippen molar-refractivity contribution < 1.29 is 130 Å². The molecule has 0 saturated heterocycles. The second kappa shape index (κ2) is 15.7. The minimum Gasteiger partial charge on any atom is -0.744 e. The van der Waals surface area contributed by atoms with Crippen molar-refractivity contribution >= 4 is 39.4 Å². The minimum atomic E-state index is -4.82. The number of aryl methyl sites for hydroxylation is 2. The Morgan fingerprint density at radius 1 is 1.19 bits per heavy atom. The normalized spacial score (nSPS) is 11.1. The van der Waals surface area contributed by atoms with Crippen molar-refractivity contribution in [2.24, 2.45) is 10.2 Å². The zero-order chi connectivity index (χ0) is 25.8. The molecule has 0 aliphatic heterocycles. The van der Waals surface area contributed by atoms with Crippen LogP contribution in [0.25, 0.3) is 5.69 Å². The van der Waals surface area contributed by atoms with Crippen molar-refractivity contribution in [1.29, 1.82) is 5.26 Å². The summed E-state index contributed by atoms with van der Waals surface area (Å²) in [6, 6.07) is 10.9. The van der Waals surface area contributed by atoms with E-state index in [1.165, 1.54) is 6.07 Å². The van der Waals surface area contributed by atoms with Crippen molar-refractivity contribution in [3.63, 3.8) is 0 Å². The van der Waals surface area contributed by atoms with Crippen LogP contribution in [-0.2, 0) is 19.5 Å². The zero-order valence-electron chi connectivity index (χ0n) is 21.1. The van der Waals surface area contributed by atoms with E-state index in [1.54, 1.807) is 13.0 Å². The molecule has 0 unspecified atom stereocenters. The summed E-state index contributed by atoms with van der Waals surface area (Å²) in [5.41, 5.74) is 2.76. The van der Waals surface area contributed by atoms with Crippen LogP contribution in [0, 0.1) is 25.2 Å². The molecule has 0 aliphatic rings. The van der Waals surface area contributed by atoms with Crippen LogP contribution in [0.5, 0.6) is 0 Å². The Kier molecular flexibility index (Phi) is 14.8. The predicted octanol–water partition coefficient (Wildman–Crippen LogP) is -2.62. The summed E-state index contributed by atoms with van der Waals surface area (Å²) in [5, 5.41) is 36.2.